The molecular formula is C16H14BrFN2S. The Hall–Kier alpha value is -1.46. The van der Waals surface area contributed by atoms with Gasteiger partial charge in [0.2, 0.25) is 0 Å². The summed E-state index contributed by atoms with van der Waals surface area (Å²) >= 11 is 8.70. The second-order valence-electron chi connectivity index (χ2n) is 4.92. The molecule has 1 aromatic heterocycles. The summed E-state index contributed by atoms with van der Waals surface area (Å²) in [6.07, 6.45) is 0.903. The zero-order valence-electron chi connectivity index (χ0n) is 11.4. The first-order valence-corrected chi connectivity index (χ1v) is 7.96. The van der Waals surface area contributed by atoms with Gasteiger partial charge >= 0.3 is 0 Å². The zero-order valence-corrected chi connectivity index (χ0v) is 13.8. The van der Waals surface area contributed by atoms with Crippen LogP contribution >= 0.6 is 28.1 Å². The van der Waals surface area contributed by atoms with Gasteiger partial charge in [-0.15, -0.1) is 0 Å². The van der Waals surface area contributed by atoms with Gasteiger partial charge in [0.05, 0.1) is 21.5 Å². The summed E-state index contributed by atoms with van der Waals surface area (Å²) < 4.78 is 16.8. The molecule has 21 heavy (non-hydrogen) atoms. The summed E-state index contributed by atoms with van der Waals surface area (Å²) in [7, 11) is 0. The quantitative estimate of drug-likeness (QED) is 0.599. The topological polar surface area (TPSA) is 20.7 Å². The van der Waals surface area contributed by atoms with Crippen molar-refractivity contribution in [3.05, 3.63) is 63.1 Å². The van der Waals surface area contributed by atoms with Gasteiger partial charge in [0.1, 0.15) is 5.82 Å². The number of halogens is 2. The summed E-state index contributed by atoms with van der Waals surface area (Å²) in [4.78, 5) is 3.10. The van der Waals surface area contributed by atoms with E-state index in [1.165, 1.54) is 11.6 Å². The van der Waals surface area contributed by atoms with Gasteiger partial charge in [0, 0.05) is 6.07 Å². The van der Waals surface area contributed by atoms with Gasteiger partial charge in [-0.05, 0) is 46.2 Å². The van der Waals surface area contributed by atoms with Gasteiger partial charge in [-0.1, -0.05) is 37.3 Å². The third kappa shape index (κ3) is 2.56. The van der Waals surface area contributed by atoms with E-state index < -0.39 is 0 Å². The van der Waals surface area contributed by atoms with Crippen molar-refractivity contribution in [2.45, 2.75) is 19.4 Å². The van der Waals surface area contributed by atoms with E-state index in [1.54, 1.807) is 6.07 Å². The van der Waals surface area contributed by atoms with Crippen LogP contribution in [0.3, 0.4) is 0 Å². The highest BCUT2D eigenvalue weighted by molar-refractivity contribution is 9.10. The van der Waals surface area contributed by atoms with Crippen molar-refractivity contribution >= 4 is 39.2 Å². The summed E-state index contributed by atoms with van der Waals surface area (Å²) in [5, 5.41) is 0. The predicted molar refractivity (Wildman–Crippen MR) is 89.7 cm³/mol. The minimum Gasteiger partial charge on any atom is -0.330 e. The van der Waals surface area contributed by atoms with Crippen LogP contribution in [0.25, 0.3) is 11.0 Å². The van der Waals surface area contributed by atoms with Gasteiger partial charge in [-0.25, -0.2) is 4.39 Å². The predicted octanol–water partition coefficient (Wildman–Crippen LogP) is 5.60. The fourth-order valence-corrected chi connectivity index (χ4v) is 3.34. The lowest BCUT2D eigenvalue weighted by Crippen LogP contribution is -2.09. The lowest BCUT2D eigenvalue weighted by atomic mass is 10.0. The molecule has 3 rings (SSSR count). The van der Waals surface area contributed by atoms with Crippen molar-refractivity contribution < 1.29 is 4.39 Å². The summed E-state index contributed by atoms with van der Waals surface area (Å²) in [6.45, 7) is 2.12. The number of fused-ring (bicyclic) bond motifs is 1. The van der Waals surface area contributed by atoms with Crippen molar-refractivity contribution in [3.63, 3.8) is 0 Å². The number of benzene rings is 2. The maximum atomic E-state index is 13.7. The molecule has 108 valence electrons. The summed E-state index contributed by atoms with van der Waals surface area (Å²) in [6, 6.07) is 13.6. The van der Waals surface area contributed by atoms with E-state index in [0.29, 0.717) is 9.24 Å². The molecule has 0 bridgehead atoms. The fourth-order valence-electron chi connectivity index (χ4n) is 2.67. The fraction of sp³-hybridized carbons (Fsp3) is 0.188. The molecule has 0 aliphatic heterocycles. The number of H-pyrrole nitrogens is 1. The average molecular weight is 365 g/mol. The van der Waals surface area contributed by atoms with Crippen LogP contribution in [-0.2, 0) is 0 Å². The van der Waals surface area contributed by atoms with Gasteiger partial charge in [0.15, 0.2) is 4.77 Å². The molecule has 0 radical (unpaired) electrons. The highest BCUT2D eigenvalue weighted by Gasteiger charge is 2.17. The Morgan fingerprint density at radius 3 is 2.67 bits per heavy atom. The van der Waals surface area contributed by atoms with E-state index in [9.17, 15) is 4.39 Å². The molecule has 1 atom stereocenters. The Kier molecular flexibility index (Phi) is 3.95. The van der Waals surface area contributed by atoms with Crippen molar-refractivity contribution in [1.29, 1.82) is 0 Å². The van der Waals surface area contributed by atoms with Crippen LogP contribution in [0, 0.1) is 10.6 Å². The second kappa shape index (κ2) is 5.73. The number of imidazole rings is 1. The molecule has 0 fully saturated rings. The van der Waals surface area contributed by atoms with Gasteiger partial charge in [-0.3, -0.25) is 0 Å². The Labute approximate surface area is 135 Å². The van der Waals surface area contributed by atoms with Crippen molar-refractivity contribution in [3.8, 4) is 0 Å². The smallest absolute Gasteiger partial charge is 0.178 e. The number of hydrogen-bond donors (Lipinski definition) is 1. The number of nitrogens with zero attached hydrogens (tertiary/aromatic N) is 1. The van der Waals surface area contributed by atoms with Gasteiger partial charge in [-0.2, -0.15) is 0 Å². The van der Waals surface area contributed by atoms with Crippen LogP contribution in [0.15, 0.2) is 46.9 Å². The molecule has 5 heteroatoms. The molecular weight excluding hydrogens is 351 g/mol. The highest BCUT2D eigenvalue weighted by Crippen LogP contribution is 2.30. The third-order valence-corrected chi connectivity index (χ3v) is 4.55. The monoisotopic (exact) mass is 364 g/mol. The first kappa shape index (κ1) is 14.5. The Morgan fingerprint density at radius 1 is 1.29 bits per heavy atom. The normalized spacial score (nSPS) is 12.7. The van der Waals surface area contributed by atoms with Crippen LogP contribution in [0.4, 0.5) is 4.39 Å². The van der Waals surface area contributed by atoms with Crippen LogP contribution in [0.1, 0.15) is 24.9 Å². The van der Waals surface area contributed by atoms with Crippen LogP contribution < -0.4 is 0 Å². The molecule has 1 heterocycles. The Balaban J connectivity index is 2.26. The van der Waals surface area contributed by atoms with E-state index in [4.69, 9.17) is 12.2 Å². The molecule has 0 aliphatic carbocycles. The van der Waals surface area contributed by atoms with Gasteiger partial charge in [0.25, 0.3) is 0 Å². The zero-order chi connectivity index (χ0) is 15.0. The summed E-state index contributed by atoms with van der Waals surface area (Å²) in [5.74, 6) is -0.293. The minimum atomic E-state index is -0.293. The number of nitrogens with one attached hydrogen (secondary N) is 1. The van der Waals surface area contributed by atoms with Crippen LogP contribution in [0.2, 0.25) is 0 Å². The van der Waals surface area contributed by atoms with E-state index in [0.717, 1.165) is 17.5 Å². The standard InChI is InChI=1S/C16H14BrFN2S/c1-2-14(10-6-4-3-5-7-10)20-15-8-11(17)12(18)9-13(15)19-16(20)21/h3-9,14H,2H2,1H3,(H,19,21). The van der Waals surface area contributed by atoms with E-state index in [-0.39, 0.29) is 11.9 Å². The number of rotatable bonds is 3. The molecule has 0 aliphatic rings. The van der Waals surface area contributed by atoms with E-state index in [1.807, 2.05) is 18.2 Å². The molecule has 0 saturated heterocycles. The molecule has 0 saturated carbocycles. The minimum absolute atomic E-state index is 0.129. The van der Waals surface area contributed by atoms with Crippen molar-refractivity contribution in [2.24, 2.45) is 0 Å². The van der Waals surface area contributed by atoms with Crippen LogP contribution in [-0.4, -0.2) is 9.55 Å². The Morgan fingerprint density at radius 2 is 2.00 bits per heavy atom. The molecule has 2 nitrogen and oxygen atoms in total. The van der Waals surface area contributed by atoms with Gasteiger partial charge < -0.3 is 9.55 Å². The van der Waals surface area contributed by atoms with Crippen LogP contribution in [0.5, 0.6) is 0 Å². The van der Waals surface area contributed by atoms with E-state index >= 15 is 0 Å². The first-order valence-electron chi connectivity index (χ1n) is 6.76. The molecule has 3 aromatic rings. The molecule has 2 aromatic carbocycles. The molecule has 1 N–H and O–H groups in total. The Bertz CT molecular complexity index is 839. The number of hydrogen-bond acceptors (Lipinski definition) is 1. The molecule has 0 amide bonds. The number of aromatic amines is 1. The average Bonchev–Trinajstić information content (AvgIpc) is 2.78. The largest absolute Gasteiger partial charge is 0.330 e. The lowest BCUT2D eigenvalue weighted by molar-refractivity contribution is 0.574. The third-order valence-electron chi connectivity index (χ3n) is 3.64. The SMILES string of the molecule is CCC(c1ccccc1)n1c(=S)[nH]c2cc(F)c(Br)cc21. The van der Waals surface area contributed by atoms with Crippen molar-refractivity contribution in [2.75, 3.05) is 0 Å². The summed E-state index contributed by atoms with van der Waals surface area (Å²) in [5.41, 5.74) is 2.82. The maximum Gasteiger partial charge on any atom is 0.178 e. The highest BCUT2D eigenvalue weighted by atomic mass is 79.9. The molecule has 1 unspecified atom stereocenters. The second-order valence-corrected chi connectivity index (χ2v) is 6.16. The first-order chi connectivity index (χ1) is 10.1. The van der Waals surface area contributed by atoms with Crippen molar-refractivity contribution in [1.82, 2.24) is 9.55 Å². The molecule has 0 spiro atoms. The maximum absolute atomic E-state index is 13.7. The van der Waals surface area contributed by atoms with E-state index in [2.05, 4.69) is 44.5 Å². The lowest BCUT2D eigenvalue weighted by Gasteiger charge is -2.18. The number of aromatic nitrogens is 2.